The second-order valence-corrected chi connectivity index (χ2v) is 4.29. The standard InChI is InChI=1S/C9H18N2OS/c1-6(2)11-7(5-8(10)13)9(3,4)12/h5-6,11-12H,1-4H3,(H2,10,13)/b7-5-. The van der Waals surface area contributed by atoms with Gasteiger partial charge in [-0.25, -0.2) is 0 Å². The highest BCUT2D eigenvalue weighted by Crippen LogP contribution is 2.12. The summed E-state index contributed by atoms with van der Waals surface area (Å²) in [6, 6.07) is 0.243. The Kier molecular flexibility index (Phi) is 4.36. The van der Waals surface area contributed by atoms with Gasteiger partial charge in [0.2, 0.25) is 0 Å². The molecule has 0 saturated carbocycles. The lowest BCUT2D eigenvalue weighted by molar-refractivity contribution is 0.110. The summed E-state index contributed by atoms with van der Waals surface area (Å²) >= 11 is 4.74. The van der Waals surface area contributed by atoms with Crippen molar-refractivity contribution in [3.05, 3.63) is 11.8 Å². The van der Waals surface area contributed by atoms with Crippen molar-refractivity contribution in [2.45, 2.75) is 39.3 Å². The van der Waals surface area contributed by atoms with Crippen molar-refractivity contribution in [2.24, 2.45) is 5.73 Å². The van der Waals surface area contributed by atoms with Crippen LogP contribution in [0.4, 0.5) is 0 Å². The summed E-state index contributed by atoms with van der Waals surface area (Å²) in [7, 11) is 0. The van der Waals surface area contributed by atoms with Gasteiger partial charge in [0.25, 0.3) is 0 Å². The fourth-order valence-electron chi connectivity index (χ4n) is 0.848. The Hall–Kier alpha value is -0.610. The minimum absolute atomic E-state index is 0.243. The molecule has 0 aliphatic rings. The molecule has 0 saturated heterocycles. The van der Waals surface area contributed by atoms with Crippen LogP contribution in [0.3, 0.4) is 0 Å². The van der Waals surface area contributed by atoms with Crippen molar-refractivity contribution in [3.8, 4) is 0 Å². The summed E-state index contributed by atoms with van der Waals surface area (Å²) in [4.78, 5) is 0.269. The average Bonchev–Trinajstić information content (AvgIpc) is 1.81. The summed E-state index contributed by atoms with van der Waals surface area (Å²) < 4.78 is 0. The Morgan fingerprint density at radius 2 is 2.00 bits per heavy atom. The third-order valence-electron chi connectivity index (χ3n) is 1.39. The molecule has 0 aliphatic carbocycles. The van der Waals surface area contributed by atoms with Crippen LogP contribution in [0.2, 0.25) is 0 Å². The van der Waals surface area contributed by atoms with Crippen LogP contribution in [0.15, 0.2) is 11.8 Å². The summed E-state index contributed by atoms with van der Waals surface area (Å²) in [6.45, 7) is 7.34. The third-order valence-corrected chi connectivity index (χ3v) is 1.51. The monoisotopic (exact) mass is 202 g/mol. The van der Waals surface area contributed by atoms with Crippen LogP contribution in [0.5, 0.6) is 0 Å². The Bertz CT molecular complexity index is 216. The van der Waals surface area contributed by atoms with Gasteiger partial charge in [0.15, 0.2) is 0 Å². The number of hydrogen-bond acceptors (Lipinski definition) is 3. The minimum atomic E-state index is -0.937. The Balaban J connectivity index is 4.67. The van der Waals surface area contributed by atoms with Gasteiger partial charge in [-0.05, 0) is 33.8 Å². The van der Waals surface area contributed by atoms with Crippen LogP contribution in [-0.2, 0) is 0 Å². The first-order valence-electron chi connectivity index (χ1n) is 4.24. The van der Waals surface area contributed by atoms with E-state index in [1.165, 1.54) is 0 Å². The summed E-state index contributed by atoms with van der Waals surface area (Å²) in [5, 5.41) is 12.8. The molecular formula is C9H18N2OS. The first-order chi connectivity index (χ1) is 5.73. The van der Waals surface area contributed by atoms with E-state index in [1.807, 2.05) is 13.8 Å². The molecule has 4 N–H and O–H groups in total. The Morgan fingerprint density at radius 3 is 2.23 bits per heavy atom. The largest absolute Gasteiger partial charge is 0.390 e. The van der Waals surface area contributed by atoms with Gasteiger partial charge in [0.05, 0.1) is 10.6 Å². The van der Waals surface area contributed by atoms with E-state index < -0.39 is 5.60 Å². The fraction of sp³-hybridized carbons (Fsp3) is 0.667. The SMILES string of the molecule is CC(C)N/C(=C\C(N)=S)C(C)(C)O. The number of aliphatic hydroxyl groups is 1. The van der Waals surface area contributed by atoms with Crippen molar-refractivity contribution >= 4 is 17.2 Å². The quantitative estimate of drug-likeness (QED) is 0.469. The van der Waals surface area contributed by atoms with Gasteiger partial charge in [-0.1, -0.05) is 12.2 Å². The molecular weight excluding hydrogens is 184 g/mol. The van der Waals surface area contributed by atoms with Gasteiger partial charge >= 0.3 is 0 Å². The van der Waals surface area contributed by atoms with Gasteiger partial charge in [-0.15, -0.1) is 0 Å². The van der Waals surface area contributed by atoms with Gasteiger partial charge in [0.1, 0.15) is 0 Å². The van der Waals surface area contributed by atoms with Crippen molar-refractivity contribution in [1.29, 1.82) is 0 Å². The summed E-state index contributed by atoms with van der Waals surface area (Å²) in [5.41, 5.74) is 5.08. The highest BCUT2D eigenvalue weighted by atomic mass is 32.1. The smallest absolute Gasteiger partial charge is 0.0985 e. The Labute approximate surface area is 85.0 Å². The van der Waals surface area contributed by atoms with Gasteiger partial charge < -0.3 is 16.2 Å². The molecule has 0 heterocycles. The molecule has 4 heteroatoms. The van der Waals surface area contributed by atoms with E-state index >= 15 is 0 Å². The highest BCUT2D eigenvalue weighted by Gasteiger charge is 2.19. The minimum Gasteiger partial charge on any atom is -0.390 e. The fourth-order valence-corrected chi connectivity index (χ4v) is 0.966. The lowest BCUT2D eigenvalue weighted by atomic mass is 10.0. The molecule has 3 nitrogen and oxygen atoms in total. The molecule has 0 aromatic carbocycles. The summed E-state index contributed by atoms with van der Waals surface area (Å²) in [6.07, 6.45) is 1.58. The van der Waals surface area contributed by atoms with E-state index in [9.17, 15) is 5.11 Å². The molecule has 0 unspecified atom stereocenters. The molecule has 0 aromatic heterocycles. The first-order valence-corrected chi connectivity index (χ1v) is 4.65. The maximum atomic E-state index is 9.73. The van der Waals surface area contributed by atoms with Crippen molar-refractivity contribution < 1.29 is 5.11 Å². The second kappa shape index (κ2) is 4.58. The molecule has 0 amide bonds. The molecule has 0 radical (unpaired) electrons. The lowest BCUT2D eigenvalue weighted by Gasteiger charge is -2.25. The molecule has 13 heavy (non-hydrogen) atoms. The van der Waals surface area contributed by atoms with Gasteiger partial charge in [-0.2, -0.15) is 0 Å². The summed E-state index contributed by atoms with van der Waals surface area (Å²) in [5.74, 6) is 0. The van der Waals surface area contributed by atoms with Crippen LogP contribution in [-0.4, -0.2) is 21.7 Å². The van der Waals surface area contributed by atoms with Crippen LogP contribution < -0.4 is 11.1 Å². The van der Waals surface area contributed by atoms with E-state index in [0.717, 1.165) is 0 Å². The molecule has 0 spiro atoms. The molecule has 0 fully saturated rings. The predicted octanol–water partition coefficient (Wildman–Crippen LogP) is 0.925. The second-order valence-electron chi connectivity index (χ2n) is 3.82. The number of nitrogens with one attached hydrogen (secondary N) is 1. The highest BCUT2D eigenvalue weighted by molar-refractivity contribution is 7.80. The van der Waals surface area contributed by atoms with E-state index in [1.54, 1.807) is 19.9 Å². The van der Waals surface area contributed by atoms with Crippen LogP contribution in [0.1, 0.15) is 27.7 Å². The van der Waals surface area contributed by atoms with E-state index in [4.69, 9.17) is 18.0 Å². The average molecular weight is 202 g/mol. The van der Waals surface area contributed by atoms with Crippen LogP contribution in [0, 0.1) is 0 Å². The molecule has 0 atom stereocenters. The van der Waals surface area contributed by atoms with Gasteiger partial charge in [-0.3, -0.25) is 0 Å². The molecule has 0 rings (SSSR count). The zero-order valence-corrected chi connectivity index (χ0v) is 9.40. The number of rotatable bonds is 4. The zero-order chi connectivity index (χ0) is 10.6. The van der Waals surface area contributed by atoms with Crippen LogP contribution >= 0.6 is 12.2 Å². The van der Waals surface area contributed by atoms with Crippen molar-refractivity contribution in [3.63, 3.8) is 0 Å². The lowest BCUT2D eigenvalue weighted by Crippen LogP contribution is -2.36. The van der Waals surface area contributed by atoms with E-state index in [0.29, 0.717) is 5.70 Å². The maximum absolute atomic E-state index is 9.73. The topological polar surface area (TPSA) is 58.3 Å². The molecule has 0 bridgehead atoms. The van der Waals surface area contributed by atoms with Crippen molar-refractivity contribution in [1.82, 2.24) is 5.32 Å². The maximum Gasteiger partial charge on any atom is 0.0985 e. The van der Waals surface area contributed by atoms with E-state index in [-0.39, 0.29) is 11.0 Å². The molecule has 76 valence electrons. The van der Waals surface area contributed by atoms with Crippen molar-refractivity contribution in [2.75, 3.05) is 0 Å². The first kappa shape index (κ1) is 12.4. The van der Waals surface area contributed by atoms with Crippen LogP contribution in [0.25, 0.3) is 0 Å². The Morgan fingerprint density at radius 1 is 1.54 bits per heavy atom. The molecule has 0 aliphatic heterocycles. The van der Waals surface area contributed by atoms with E-state index in [2.05, 4.69) is 5.32 Å². The normalized spacial score (nSPS) is 13.2. The zero-order valence-electron chi connectivity index (χ0n) is 8.59. The molecule has 0 aromatic rings. The number of thiocarbonyl (C=S) groups is 1. The number of nitrogens with two attached hydrogens (primary N) is 1. The third kappa shape index (κ3) is 5.60. The van der Waals surface area contributed by atoms with Gasteiger partial charge in [0, 0.05) is 11.7 Å². The predicted molar refractivity (Wildman–Crippen MR) is 59.4 cm³/mol. The number of hydrogen-bond donors (Lipinski definition) is 3.